The van der Waals surface area contributed by atoms with Crippen LogP contribution in [0.15, 0.2) is 95.6 Å². The van der Waals surface area contributed by atoms with Crippen LogP contribution in [-0.4, -0.2) is 36.5 Å². The molecule has 0 aliphatic carbocycles. The minimum Gasteiger partial charge on any atom is -0.510 e. The Morgan fingerprint density at radius 2 is 1.86 bits per heavy atom. The summed E-state index contributed by atoms with van der Waals surface area (Å²) in [5.74, 6) is -1.40. The highest BCUT2D eigenvalue weighted by Gasteiger charge is 2.21. The summed E-state index contributed by atoms with van der Waals surface area (Å²) in [6.45, 7) is 0.210. The molecule has 0 spiro atoms. The number of pyridine rings is 1. The average molecular weight is 487 g/mol. The number of benzene rings is 2. The van der Waals surface area contributed by atoms with Gasteiger partial charge in [0.25, 0.3) is 5.91 Å². The fourth-order valence-corrected chi connectivity index (χ4v) is 4.04. The Hall–Kier alpha value is -4.49. The van der Waals surface area contributed by atoms with Gasteiger partial charge in [-0.05, 0) is 29.8 Å². The van der Waals surface area contributed by atoms with Crippen LogP contribution in [0.2, 0.25) is 0 Å². The van der Waals surface area contributed by atoms with E-state index in [-0.39, 0.29) is 23.1 Å². The molecule has 2 aromatic heterocycles. The molecule has 2 heterocycles. The van der Waals surface area contributed by atoms with Crippen molar-refractivity contribution in [2.45, 2.75) is 11.7 Å². The number of carbonyl (C=O) groups excluding carboxylic acids is 1. The van der Waals surface area contributed by atoms with Crippen LogP contribution in [0.4, 0.5) is 4.39 Å². The third-order valence-electron chi connectivity index (χ3n) is 4.91. The zero-order valence-electron chi connectivity index (χ0n) is 18.3. The molecule has 0 radical (unpaired) electrons. The summed E-state index contributed by atoms with van der Waals surface area (Å²) in [5.41, 5.74) is 1.28. The highest BCUT2D eigenvalue weighted by molar-refractivity contribution is 7.99. The maximum Gasteiger partial charge on any atom is 0.265 e. The van der Waals surface area contributed by atoms with Crippen LogP contribution >= 0.6 is 11.8 Å². The van der Waals surface area contributed by atoms with E-state index in [2.05, 4.69) is 20.5 Å². The third-order valence-corrected chi connectivity index (χ3v) is 5.85. The lowest BCUT2D eigenvalue weighted by Gasteiger charge is -2.11. The first kappa shape index (κ1) is 23.7. The maximum atomic E-state index is 14.7. The second-order valence-corrected chi connectivity index (χ2v) is 8.17. The molecule has 35 heavy (non-hydrogen) atoms. The first-order valence-corrected chi connectivity index (χ1v) is 11.4. The molecular weight excluding hydrogens is 467 g/mol. The van der Waals surface area contributed by atoms with Gasteiger partial charge >= 0.3 is 0 Å². The van der Waals surface area contributed by atoms with Crippen molar-refractivity contribution in [2.75, 3.05) is 5.75 Å². The van der Waals surface area contributed by atoms with E-state index < -0.39 is 23.1 Å². The topological polar surface area (TPSA) is 117 Å². The van der Waals surface area contributed by atoms with Crippen molar-refractivity contribution in [2.24, 2.45) is 0 Å². The zero-order chi connectivity index (χ0) is 24.6. The van der Waals surface area contributed by atoms with Crippen molar-refractivity contribution in [1.82, 2.24) is 25.1 Å². The molecular formula is C25H19FN6O2S. The number of hydrogen-bond donors (Lipinski definition) is 2. The Labute approximate surface area is 204 Å². The minimum atomic E-state index is -0.693. The van der Waals surface area contributed by atoms with Crippen LogP contribution in [0, 0.1) is 17.1 Å². The predicted octanol–water partition coefficient (Wildman–Crippen LogP) is 4.21. The Morgan fingerprint density at radius 1 is 1.09 bits per heavy atom. The summed E-state index contributed by atoms with van der Waals surface area (Å²) >= 11 is 1.01. The molecule has 2 aromatic carbocycles. The number of halogens is 1. The number of rotatable bonds is 8. The Bertz CT molecular complexity index is 1400. The van der Waals surface area contributed by atoms with Gasteiger partial charge in [0.1, 0.15) is 17.6 Å². The summed E-state index contributed by atoms with van der Waals surface area (Å²) in [7, 11) is 0. The van der Waals surface area contributed by atoms with Gasteiger partial charge in [-0.2, -0.15) is 5.26 Å². The van der Waals surface area contributed by atoms with Crippen LogP contribution < -0.4 is 5.32 Å². The quantitative estimate of drug-likeness (QED) is 0.166. The van der Waals surface area contributed by atoms with Gasteiger partial charge in [0.2, 0.25) is 0 Å². The van der Waals surface area contributed by atoms with Gasteiger partial charge in [-0.15, -0.1) is 10.2 Å². The average Bonchev–Trinajstić information content (AvgIpc) is 3.32. The van der Waals surface area contributed by atoms with E-state index in [0.29, 0.717) is 11.4 Å². The number of nitrogens with one attached hydrogen (secondary N) is 1. The van der Waals surface area contributed by atoms with Crippen molar-refractivity contribution in [3.05, 3.63) is 102 Å². The van der Waals surface area contributed by atoms with Gasteiger partial charge in [0.15, 0.2) is 16.6 Å². The lowest BCUT2D eigenvalue weighted by molar-refractivity contribution is -0.117. The van der Waals surface area contributed by atoms with Gasteiger partial charge < -0.3 is 10.4 Å². The molecule has 1 amide bonds. The molecule has 0 atom stereocenters. The van der Waals surface area contributed by atoms with Crippen molar-refractivity contribution >= 4 is 17.7 Å². The second-order valence-electron chi connectivity index (χ2n) is 7.23. The number of thioether (sulfide) groups is 1. The highest BCUT2D eigenvalue weighted by Crippen LogP contribution is 2.29. The van der Waals surface area contributed by atoms with Crippen LogP contribution in [-0.2, 0) is 11.3 Å². The summed E-state index contributed by atoms with van der Waals surface area (Å²) < 4.78 is 16.2. The number of hydrogen-bond acceptors (Lipinski definition) is 7. The van der Waals surface area contributed by atoms with Crippen LogP contribution in [0.5, 0.6) is 0 Å². The van der Waals surface area contributed by atoms with Crippen molar-refractivity contribution in [1.29, 1.82) is 5.26 Å². The number of carbonyl (C=O) groups is 1. The number of amides is 1. The predicted molar refractivity (Wildman–Crippen MR) is 129 cm³/mol. The fourth-order valence-electron chi connectivity index (χ4n) is 3.21. The second kappa shape index (κ2) is 11.1. The number of aromatic nitrogens is 4. The standard InChI is InChI=1S/C25H19FN6O2S/c26-20-10-4-5-11-21(20)32-23(18-9-6-12-28-15-18)30-31-25(32)35-16-22(33)19(13-27)24(34)29-14-17-7-2-1-3-8-17/h1-12,15,33H,14,16H2,(H,29,34). The molecule has 0 aliphatic rings. The van der Waals surface area contributed by atoms with Gasteiger partial charge in [-0.1, -0.05) is 54.2 Å². The van der Waals surface area contributed by atoms with E-state index >= 15 is 0 Å². The SMILES string of the molecule is N#CC(C(=O)NCc1ccccc1)=C(O)CSc1nnc(-c2cccnc2)n1-c1ccccc1F. The van der Waals surface area contributed by atoms with Gasteiger partial charge in [0, 0.05) is 24.5 Å². The zero-order valence-corrected chi connectivity index (χ0v) is 19.1. The molecule has 0 bridgehead atoms. The molecule has 4 aromatic rings. The van der Waals surface area contributed by atoms with Crippen molar-refractivity contribution < 1.29 is 14.3 Å². The number of para-hydroxylation sites is 1. The van der Waals surface area contributed by atoms with E-state index in [1.807, 2.05) is 30.3 Å². The van der Waals surface area contributed by atoms with E-state index in [0.717, 1.165) is 17.3 Å². The highest BCUT2D eigenvalue weighted by atomic mass is 32.2. The van der Waals surface area contributed by atoms with E-state index in [1.54, 1.807) is 48.8 Å². The first-order chi connectivity index (χ1) is 17.1. The fraction of sp³-hybridized carbons (Fsp3) is 0.0800. The lowest BCUT2D eigenvalue weighted by Crippen LogP contribution is -2.25. The van der Waals surface area contributed by atoms with Gasteiger partial charge in [-0.3, -0.25) is 14.3 Å². The summed E-state index contributed by atoms with van der Waals surface area (Å²) in [5, 5.41) is 31.2. The molecule has 0 saturated heterocycles. The Kier molecular flexibility index (Phi) is 7.50. The number of aliphatic hydroxyl groups is 1. The van der Waals surface area contributed by atoms with Gasteiger partial charge in [0.05, 0.1) is 11.4 Å². The van der Waals surface area contributed by atoms with Crippen LogP contribution in [0.25, 0.3) is 17.1 Å². The molecule has 0 saturated carbocycles. The molecule has 4 rings (SSSR count). The maximum absolute atomic E-state index is 14.7. The molecule has 174 valence electrons. The molecule has 0 aliphatic heterocycles. The molecule has 8 nitrogen and oxygen atoms in total. The summed E-state index contributed by atoms with van der Waals surface area (Å²) in [6, 6.07) is 20.6. The number of nitriles is 1. The van der Waals surface area contributed by atoms with Crippen LogP contribution in [0.3, 0.4) is 0 Å². The largest absolute Gasteiger partial charge is 0.510 e. The van der Waals surface area contributed by atoms with Crippen molar-refractivity contribution in [3.8, 4) is 23.1 Å². The molecule has 2 N–H and O–H groups in total. The first-order valence-electron chi connectivity index (χ1n) is 10.5. The van der Waals surface area contributed by atoms with E-state index in [4.69, 9.17) is 0 Å². The number of nitrogens with zero attached hydrogens (tertiary/aromatic N) is 5. The van der Waals surface area contributed by atoms with Crippen LogP contribution in [0.1, 0.15) is 5.56 Å². The minimum absolute atomic E-state index is 0.152. The molecule has 10 heteroatoms. The monoisotopic (exact) mass is 486 g/mol. The Morgan fingerprint density at radius 3 is 2.57 bits per heavy atom. The molecule has 0 fully saturated rings. The Balaban J connectivity index is 1.58. The summed E-state index contributed by atoms with van der Waals surface area (Å²) in [6.07, 6.45) is 3.19. The van der Waals surface area contributed by atoms with E-state index in [1.165, 1.54) is 10.6 Å². The van der Waals surface area contributed by atoms with Crippen molar-refractivity contribution in [3.63, 3.8) is 0 Å². The van der Waals surface area contributed by atoms with E-state index in [9.17, 15) is 19.6 Å². The van der Waals surface area contributed by atoms with Gasteiger partial charge in [-0.25, -0.2) is 4.39 Å². The third kappa shape index (κ3) is 5.54. The smallest absolute Gasteiger partial charge is 0.265 e. The summed E-state index contributed by atoms with van der Waals surface area (Å²) in [4.78, 5) is 16.6. The molecule has 0 unspecified atom stereocenters. The number of aliphatic hydroxyl groups excluding tert-OH is 1. The normalized spacial score (nSPS) is 11.4. The lowest BCUT2D eigenvalue weighted by atomic mass is 10.2.